The van der Waals surface area contributed by atoms with Crippen molar-refractivity contribution in [3.8, 4) is 0 Å². The Kier molecular flexibility index (Phi) is 13.9. The molecule has 0 unspecified atom stereocenters. The molecule has 2 nitrogen and oxygen atoms in total. The quantitative estimate of drug-likeness (QED) is 0.0402. The minimum Gasteiger partial charge on any atom is -0.248 e. The predicted octanol–water partition coefficient (Wildman–Crippen LogP) is 9.14. The molecule has 0 saturated carbocycles. The van der Waals surface area contributed by atoms with Gasteiger partial charge in [0.1, 0.15) is 58.4 Å². The molecule has 0 fully saturated rings. The number of aromatic nitrogens is 2. The topological polar surface area (TPSA) is 16.8 Å². The number of thiol groups is 1. The minimum atomic E-state index is -7.22. The molecule has 7 rings (SSSR count). The van der Waals surface area contributed by atoms with Gasteiger partial charge in [0.05, 0.1) is 6.20 Å². The molecule has 1 heterocycles. The van der Waals surface area contributed by atoms with Gasteiger partial charge in [-0.1, -0.05) is 48.5 Å². The van der Waals surface area contributed by atoms with E-state index in [0.717, 1.165) is 23.6 Å². The van der Waals surface area contributed by atoms with Crippen molar-refractivity contribution in [1.82, 2.24) is 4.98 Å². The maximum Gasteiger partial charge on any atom is 0.200 e. The van der Waals surface area contributed by atoms with Crippen LogP contribution in [0.15, 0.2) is 78.1 Å². The van der Waals surface area contributed by atoms with Gasteiger partial charge in [-0.15, -0.1) is 34.5 Å². The van der Waals surface area contributed by atoms with Crippen molar-refractivity contribution in [2.75, 3.05) is 0 Å². The molecule has 0 radical (unpaired) electrons. The van der Waals surface area contributed by atoms with E-state index in [-0.39, 0.29) is 0 Å². The number of nitrogens with zero attached hydrogens (tertiary/aromatic N) is 2. The van der Waals surface area contributed by atoms with Crippen molar-refractivity contribution in [3.05, 3.63) is 206 Å². The number of halogens is 20. The third-order valence-electron chi connectivity index (χ3n) is 10.1. The Labute approximate surface area is 361 Å². The van der Waals surface area contributed by atoms with Gasteiger partial charge in [-0.2, -0.15) is 4.57 Å². The highest BCUT2D eigenvalue weighted by molar-refractivity contribution is 7.80. The monoisotopic (exact) mass is 972 g/mol. The Morgan fingerprint density at radius 3 is 1.03 bits per heavy atom. The zero-order valence-electron chi connectivity index (χ0n) is 31.8. The second kappa shape index (κ2) is 18.7. The molecule has 0 aliphatic heterocycles. The molecular weight excluding hydrogens is 955 g/mol. The summed E-state index contributed by atoms with van der Waals surface area (Å²) < 4.78 is 296. The molecule has 6 aromatic carbocycles. The van der Waals surface area contributed by atoms with Crippen molar-refractivity contribution in [2.45, 2.75) is 17.9 Å². The van der Waals surface area contributed by atoms with Crippen molar-refractivity contribution < 1.29 is 92.4 Å². The SMILES string of the molecule is Fc1c(F)c(F)c([B-](c2c(F)c(F)c(F)c(F)c2F)(c2c(F)c(F)c(F)c(F)c2F)c2c(F)c(F)c(F)c(F)c2F)c(F)c1F.Sc1ccccc1Cc1c[n+](Cc2ccccc2)ccn1. The summed E-state index contributed by atoms with van der Waals surface area (Å²) in [7, 11) is 0. The van der Waals surface area contributed by atoms with E-state index in [2.05, 4.69) is 58.7 Å². The van der Waals surface area contributed by atoms with E-state index in [9.17, 15) is 52.7 Å². The van der Waals surface area contributed by atoms with Gasteiger partial charge >= 0.3 is 0 Å². The van der Waals surface area contributed by atoms with Gasteiger partial charge < -0.3 is 0 Å². The average Bonchev–Trinajstić information content (AvgIpc) is 3.30. The number of benzene rings is 6. The Morgan fingerprint density at radius 2 is 0.697 bits per heavy atom. The third-order valence-corrected chi connectivity index (χ3v) is 10.5. The van der Waals surface area contributed by atoms with E-state index in [1.54, 1.807) is 0 Å². The zero-order valence-corrected chi connectivity index (χ0v) is 32.7. The fourth-order valence-corrected chi connectivity index (χ4v) is 7.44. The molecule has 66 heavy (non-hydrogen) atoms. The molecule has 0 N–H and O–H groups in total. The first-order valence-electron chi connectivity index (χ1n) is 17.9. The minimum absolute atomic E-state index is 0.801. The van der Waals surface area contributed by atoms with E-state index in [1.807, 2.05) is 36.7 Å². The summed E-state index contributed by atoms with van der Waals surface area (Å²) in [6.07, 6.45) is -0.448. The Morgan fingerprint density at radius 1 is 0.394 bits per heavy atom. The standard InChI is InChI=1S/C24BF20.C18H16N2S/c26-5-1(6(27)14(35)21(42)13(5)34)25(2-7(28)15(36)22(43)16(37)8(2)29,3-9(30)17(38)23(44)18(39)10(3)31)4-11(32)19(40)24(45)20(41)12(4)33;21-18-9-5-4-8-16(18)12-17-14-20(11-10-19-17)13-15-6-2-1-3-7-15/h;1-11,14H,12-13H2/q-1;/p+1. The van der Waals surface area contributed by atoms with Crippen LogP contribution < -0.4 is 26.4 Å². The first kappa shape index (κ1) is 48.9. The second-order valence-electron chi connectivity index (χ2n) is 13.8. The van der Waals surface area contributed by atoms with Crippen LogP contribution in [0.3, 0.4) is 0 Å². The average molecular weight is 972 g/mol. The molecule has 0 bridgehead atoms. The Balaban J connectivity index is 0.000000284. The molecule has 24 heteroatoms. The number of hydrogen-bond acceptors (Lipinski definition) is 2. The van der Waals surface area contributed by atoms with E-state index in [1.165, 1.54) is 11.1 Å². The van der Waals surface area contributed by atoms with Crippen LogP contribution in [0, 0.1) is 116 Å². The fourth-order valence-electron chi connectivity index (χ4n) is 7.20. The molecule has 0 spiro atoms. The van der Waals surface area contributed by atoms with Gasteiger partial charge in [0.2, 0.25) is 0 Å². The zero-order chi connectivity index (χ0) is 48.8. The maximum absolute atomic E-state index is 15.4. The van der Waals surface area contributed by atoms with E-state index in [0.29, 0.717) is 0 Å². The number of rotatable bonds is 8. The summed E-state index contributed by atoms with van der Waals surface area (Å²) in [6, 6.07) is 18.6. The van der Waals surface area contributed by atoms with Crippen LogP contribution in [0.2, 0.25) is 0 Å². The lowest BCUT2D eigenvalue weighted by molar-refractivity contribution is -0.689. The molecule has 344 valence electrons. The highest BCUT2D eigenvalue weighted by Crippen LogP contribution is 2.31. The molecule has 0 saturated heterocycles. The predicted molar refractivity (Wildman–Crippen MR) is 196 cm³/mol. The first-order valence-corrected chi connectivity index (χ1v) is 18.3. The summed E-state index contributed by atoms with van der Waals surface area (Å²) in [5.74, 6) is -71.4. The van der Waals surface area contributed by atoms with E-state index < -0.39 is 144 Å². The van der Waals surface area contributed by atoms with Crippen LogP contribution in [0.4, 0.5) is 87.8 Å². The highest BCUT2D eigenvalue weighted by Gasteiger charge is 2.52. The van der Waals surface area contributed by atoms with Gasteiger partial charge in [0, 0.05) is 16.9 Å². The summed E-state index contributed by atoms with van der Waals surface area (Å²) in [6.45, 7) is 0.860. The molecule has 0 amide bonds. The van der Waals surface area contributed by atoms with Crippen LogP contribution >= 0.6 is 12.6 Å². The third kappa shape index (κ3) is 8.08. The molecule has 0 aliphatic carbocycles. The van der Waals surface area contributed by atoms with Gasteiger partial charge in [0.25, 0.3) is 0 Å². The van der Waals surface area contributed by atoms with Crippen LogP contribution in [0.5, 0.6) is 0 Å². The van der Waals surface area contributed by atoms with Gasteiger partial charge in [-0.25, -0.2) is 92.8 Å². The van der Waals surface area contributed by atoms with Crippen LogP contribution in [0.1, 0.15) is 16.8 Å². The summed E-state index contributed by atoms with van der Waals surface area (Å²) in [5, 5.41) is 0. The van der Waals surface area contributed by atoms with E-state index in [4.69, 9.17) is 0 Å². The van der Waals surface area contributed by atoms with E-state index >= 15 is 35.1 Å². The van der Waals surface area contributed by atoms with Crippen molar-refractivity contribution >= 4 is 40.6 Å². The lowest BCUT2D eigenvalue weighted by atomic mass is 9.12. The van der Waals surface area contributed by atoms with Crippen LogP contribution in [0.25, 0.3) is 0 Å². The summed E-state index contributed by atoms with van der Waals surface area (Å²) in [5.41, 5.74) is -10.8. The lowest BCUT2D eigenvalue weighted by Crippen LogP contribution is -2.81. The van der Waals surface area contributed by atoms with Gasteiger partial charge in [0.15, 0.2) is 88.7 Å². The molecule has 7 aromatic rings. The first-order chi connectivity index (χ1) is 31.0. The van der Waals surface area contributed by atoms with Crippen LogP contribution in [-0.2, 0) is 13.0 Å². The maximum atomic E-state index is 15.4. The molecule has 0 aliphatic rings. The molecule has 1 aromatic heterocycles. The molecular formula is C42H17BF20N2S. The van der Waals surface area contributed by atoms with Crippen molar-refractivity contribution in [2.24, 2.45) is 0 Å². The molecule has 0 atom stereocenters. The van der Waals surface area contributed by atoms with Crippen molar-refractivity contribution in [1.29, 1.82) is 0 Å². The van der Waals surface area contributed by atoms with Crippen molar-refractivity contribution in [3.63, 3.8) is 0 Å². The Bertz CT molecular complexity index is 2680. The highest BCUT2D eigenvalue weighted by atomic mass is 32.1. The second-order valence-corrected chi connectivity index (χ2v) is 14.3. The normalized spacial score (nSPS) is 11.5. The largest absolute Gasteiger partial charge is 0.248 e. The smallest absolute Gasteiger partial charge is 0.200 e. The summed E-state index contributed by atoms with van der Waals surface area (Å²) >= 11 is 4.50. The fraction of sp³-hybridized carbons (Fsp3) is 0.0476. The van der Waals surface area contributed by atoms with Crippen LogP contribution in [-0.4, -0.2) is 11.1 Å². The summed E-state index contributed by atoms with van der Waals surface area (Å²) in [4.78, 5) is 5.47. The number of hydrogen-bond donors (Lipinski definition) is 1. The lowest BCUT2D eigenvalue weighted by Gasteiger charge is -2.44. The van der Waals surface area contributed by atoms with Gasteiger partial charge in [-0.3, -0.25) is 0 Å². The van der Waals surface area contributed by atoms with Gasteiger partial charge in [-0.05, 0) is 11.6 Å². The Hall–Kier alpha value is -6.59.